The molecule has 0 bridgehead atoms. The van der Waals surface area contributed by atoms with Crippen molar-refractivity contribution in [2.75, 3.05) is 23.7 Å². The summed E-state index contributed by atoms with van der Waals surface area (Å²) in [4.78, 5) is 10.0. The van der Waals surface area contributed by atoms with Gasteiger partial charge in [-0.1, -0.05) is 0 Å². The van der Waals surface area contributed by atoms with Gasteiger partial charge in [0.05, 0.1) is 5.60 Å². The molecule has 0 spiro atoms. The van der Waals surface area contributed by atoms with Gasteiger partial charge >= 0.3 is 0 Å². The number of nitrogen functional groups attached to an aromatic ring is 1. The van der Waals surface area contributed by atoms with Gasteiger partial charge in [-0.05, 0) is 20.8 Å². The molecule has 1 heterocycles. The van der Waals surface area contributed by atoms with Crippen molar-refractivity contribution in [1.29, 1.82) is 0 Å². The third-order valence-corrected chi connectivity index (χ3v) is 1.97. The number of likely N-dealkylation sites (N-methyl/N-ethyl adjacent to an activating group) is 1. The first kappa shape index (κ1) is 11.7. The number of anilines is 2. The first-order chi connectivity index (χ1) is 6.94. The van der Waals surface area contributed by atoms with Gasteiger partial charge in [0.2, 0.25) is 0 Å². The van der Waals surface area contributed by atoms with E-state index >= 15 is 0 Å². The topological polar surface area (TPSA) is 75.3 Å². The van der Waals surface area contributed by atoms with Gasteiger partial charge in [0, 0.05) is 25.5 Å². The van der Waals surface area contributed by atoms with Crippen LogP contribution in [0.15, 0.2) is 12.4 Å². The molecular formula is C10H18N4O. The van der Waals surface area contributed by atoms with Gasteiger partial charge in [0.15, 0.2) is 11.6 Å². The van der Waals surface area contributed by atoms with Crippen LogP contribution < -0.4 is 10.6 Å². The Bertz CT molecular complexity index is 321. The van der Waals surface area contributed by atoms with Crippen LogP contribution in [0.3, 0.4) is 0 Å². The van der Waals surface area contributed by atoms with Crippen molar-refractivity contribution in [2.24, 2.45) is 0 Å². The summed E-state index contributed by atoms with van der Waals surface area (Å²) in [5, 5.41) is 9.74. The van der Waals surface area contributed by atoms with Crippen LogP contribution >= 0.6 is 0 Å². The lowest BCUT2D eigenvalue weighted by Crippen LogP contribution is -2.39. The van der Waals surface area contributed by atoms with Crippen LogP contribution in [0.4, 0.5) is 11.6 Å². The summed E-state index contributed by atoms with van der Waals surface area (Å²) >= 11 is 0. The van der Waals surface area contributed by atoms with Gasteiger partial charge in [-0.15, -0.1) is 0 Å². The van der Waals surface area contributed by atoms with Crippen LogP contribution in [0.2, 0.25) is 0 Å². The Labute approximate surface area is 90.0 Å². The zero-order valence-corrected chi connectivity index (χ0v) is 9.44. The largest absolute Gasteiger partial charge is 0.389 e. The fourth-order valence-electron chi connectivity index (χ4n) is 1.39. The molecule has 0 radical (unpaired) electrons. The molecule has 84 valence electrons. The zero-order valence-electron chi connectivity index (χ0n) is 9.44. The minimum atomic E-state index is -0.778. The molecule has 1 aromatic heterocycles. The molecule has 0 atom stereocenters. The van der Waals surface area contributed by atoms with E-state index < -0.39 is 5.60 Å². The predicted octanol–water partition coefficient (Wildman–Crippen LogP) is 0.656. The Kier molecular flexibility index (Phi) is 3.47. The summed E-state index contributed by atoms with van der Waals surface area (Å²) in [6.45, 7) is 6.70. The summed E-state index contributed by atoms with van der Waals surface area (Å²) in [7, 11) is 0. The quantitative estimate of drug-likeness (QED) is 0.763. The van der Waals surface area contributed by atoms with Crippen LogP contribution in [0, 0.1) is 0 Å². The number of nitrogens with two attached hydrogens (primary N) is 1. The first-order valence-electron chi connectivity index (χ1n) is 4.98. The van der Waals surface area contributed by atoms with Crippen molar-refractivity contribution in [3.05, 3.63) is 12.4 Å². The third kappa shape index (κ3) is 3.36. The zero-order chi connectivity index (χ0) is 11.5. The second-order valence-corrected chi connectivity index (χ2v) is 4.09. The molecule has 15 heavy (non-hydrogen) atoms. The third-order valence-electron chi connectivity index (χ3n) is 1.97. The summed E-state index contributed by atoms with van der Waals surface area (Å²) in [5.74, 6) is 1.02. The molecule has 0 unspecified atom stereocenters. The van der Waals surface area contributed by atoms with Gasteiger partial charge in [0.1, 0.15) is 0 Å². The second-order valence-electron chi connectivity index (χ2n) is 4.09. The van der Waals surface area contributed by atoms with Gasteiger partial charge in [-0.2, -0.15) is 0 Å². The molecule has 3 N–H and O–H groups in total. The van der Waals surface area contributed by atoms with E-state index in [2.05, 4.69) is 9.97 Å². The van der Waals surface area contributed by atoms with Crippen molar-refractivity contribution in [1.82, 2.24) is 9.97 Å². The van der Waals surface area contributed by atoms with Gasteiger partial charge in [-0.25, -0.2) is 9.97 Å². The van der Waals surface area contributed by atoms with Crippen molar-refractivity contribution < 1.29 is 5.11 Å². The highest BCUT2D eigenvalue weighted by Gasteiger charge is 2.19. The first-order valence-corrected chi connectivity index (χ1v) is 4.98. The summed E-state index contributed by atoms with van der Waals surface area (Å²) < 4.78 is 0. The van der Waals surface area contributed by atoms with Crippen LogP contribution in [-0.4, -0.2) is 33.8 Å². The van der Waals surface area contributed by atoms with E-state index in [0.717, 1.165) is 6.54 Å². The molecule has 0 aromatic carbocycles. The van der Waals surface area contributed by atoms with E-state index in [1.807, 2.05) is 11.8 Å². The monoisotopic (exact) mass is 210 g/mol. The van der Waals surface area contributed by atoms with Crippen LogP contribution in [0.1, 0.15) is 20.8 Å². The normalized spacial score (nSPS) is 11.5. The van der Waals surface area contributed by atoms with E-state index in [9.17, 15) is 5.11 Å². The Morgan fingerprint density at radius 3 is 2.47 bits per heavy atom. The fraction of sp³-hybridized carbons (Fsp3) is 0.600. The van der Waals surface area contributed by atoms with Crippen LogP contribution in [-0.2, 0) is 0 Å². The SMILES string of the molecule is CCN(CC(C)(C)O)c1nccnc1N. The van der Waals surface area contributed by atoms with E-state index in [1.165, 1.54) is 0 Å². The Morgan fingerprint density at radius 2 is 2.00 bits per heavy atom. The Morgan fingerprint density at radius 1 is 1.40 bits per heavy atom. The average Bonchev–Trinajstić information content (AvgIpc) is 2.14. The lowest BCUT2D eigenvalue weighted by molar-refractivity contribution is 0.0874. The maximum Gasteiger partial charge on any atom is 0.171 e. The fourth-order valence-corrected chi connectivity index (χ4v) is 1.39. The molecule has 5 nitrogen and oxygen atoms in total. The average molecular weight is 210 g/mol. The standard InChI is InChI=1S/C10H18N4O/c1-4-14(7-10(2,3)15)9-8(11)12-5-6-13-9/h5-6,15H,4,7H2,1-3H3,(H2,11,12). The molecular weight excluding hydrogens is 192 g/mol. The highest BCUT2D eigenvalue weighted by Crippen LogP contribution is 2.18. The van der Waals surface area contributed by atoms with Crippen molar-refractivity contribution in [2.45, 2.75) is 26.4 Å². The maximum absolute atomic E-state index is 9.74. The molecule has 1 aromatic rings. The van der Waals surface area contributed by atoms with Gasteiger partial charge < -0.3 is 15.7 Å². The van der Waals surface area contributed by atoms with E-state index in [1.54, 1.807) is 26.2 Å². The lowest BCUT2D eigenvalue weighted by atomic mass is 10.1. The summed E-state index contributed by atoms with van der Waals surface area (Å²) in [5.41, 5.74) is 4.94. The number of rotatable bonds is 4. The number of aliphatic hydroxyl groups is 1. The summed E-state index contributed by atoms with van der Waals surface area (Å²) in [6, 6.07) is 0. The minimum Gasteiger partial charge on any atom is -0.389 e. The van der Waals surface area contributed by atoms with Crippen LogP contribution in [0.5, 0.6) is 0 Å². The summed E-state index contributed by atoms with van der Waals surface area (Å²) in [6.07, 6.45) is 3.15. The molecule has 0 saturated heterocycles. The smallest absolute Gasteiger partial charge is 0.171 e. The van der Waals surface area contributed by atoms with E-state index in [-0.39, 0.29) is 0 Å². The Balaban J connectivity index is 2.88. The van der Waals surface area contributed by atoms with Crippen molar-refractivity contribution in [3.63, 3.8) is 0 Å². The number of hydrogen-bond acceptors (Lipinski definition) is 5. The Hall–Kier alpha value is -1.36. The van der Waals surface area contributed by atoms with E-state index in [0.29, 0.717) is 18.2 Å². The van der Waals surface area contributed by atoms with Gasteiger partial charge in [0.25, 0.3) is 0 Å². The molecule has 0 aliphatic carbocycles. The molecule has 0 aliphatic rings. The molecule has 1 rings (SSSR count). The predicted molar refractivity (Wildman–Crippen MR) is 60.6 cm³/mol. The van der Waals surface area contributed by atoms with Crippen molar-refractivity contribution >= 4 is 11.6 Å². The highest BCUT2D eigenvalue weighted by atomic mass is 16.3. The molecule has 0 fully saturated rings. The van der Waals surface area contributed by atoms with Crippen molar-refractivity contribution in [3.8, 4) is 0 Å². The lowest BCUT2D eigenvalue weighted by Gasteiger charge is -2.29. The van der Waals surface area contributed by atoms with Gasteiger partial charge in [-0.3, -0.25) is 0 Å². The molecule has 5 heteroatoms. The minimum absolute atomic E-state index is 0.392. The number of hydrogen-bond donors (Lipinski definition) is 2. The number of nitrogens with zero attached hydrogens (tertiary/aromatic N) is 3. The second kappa shape index (κ2) is 4.44. The number of aromatic nitrogens is 2. The van der Waals surface area contributed by atoms with Crippen LogP contribution in [0.25, 0.3) is 0 Å². The van der Waals surface area contributed by atoms with E-state index in [4.69, 9.17) is 5.73 Å². The molecule has 0 amide bonds. The maximum atomic E-state index is 9.74. The molecule has 0 aliphatic heterocycles. The molecule has 0 saturated carbocycles. The highest BCUT2D eigenvalue weighted by molar-refractivity contribution is 5.57.